The molecule has 3 amide bonds. The molecule has 0 saturated carbocycles. The van der Waals surface area contributed by atoms with Crippen molar-refractivity contribution in [1.82, 2.24) is 10.2 Å². The van der Waals surface area contributed by atoms with Gasteiger partial charge in [-0.25, -0.2) is 0 Å². The SMILES string of the molecule is O=C1NC(O)SC1N1C(=O)c2ccccc2C1=O. The maximum atomic E-state index is 12.1. The van der Waals surface area contributed by atoms with Crippen LogP contribution in [0.2, 0.25) is 0 Å². The van der Waals surface area contributed by atoms with Crippen LogP contribution in [0.25, 0.3) is 0 Å². The van der Waals surface area contributed by atoms with Crippen LogP contribution >= 0.6 is 11.8 Å². The molecule has 1 aromatic rings. The summed E-state index contributed by atoms with van der Waals surface area (Å²) >= 11 is 0.828. The van der Waals surface area contributed by atoms with Gasteiger partial charge in [-0.3, -0.25) is 19.3 Å². The van der Waals surface area contributed by atoms with Crippen LogP contribution in [0.5, 0.6) is 0 Å². The predicted molar refractivity (Wildman–Crippen MR) is 62.5 cm³/mol. The minimum atomic E-state index is -1.09. The van der Waals surface area contributed by atoms with E-state index in [1.54, 1.807) is 24.3 Å². The average Bonchev–Trinajstić information content (AvgIpc) is 2.79. The molecule has 0 aromatic heterocycles. The Bertz CT molecular complexity index is 539. The molecule has 0 bridgehead atoms. The Morgan fingerprint density at radius 1 is 1.11 bits per heavy atom. The fraction of sp³-hybridized carbons (Fsp3) is 0.182. The summed E-state index contributed by atoms with van der Waals surface area (Å²) in [6.07, 6.45) is 0. The fourth-order valence-electron chi connectivity index (χ4n) is 2.01. The van der Waals surface area contributed by atoms with E-state index in [2.05, 4.69) is 5.32 Å². The van der Waals surface area contributed by atoms with E-state index < -0.39 is 28.7 Å². The van der Waals surface area contributed by atoms with Crippen LogP contribution in [0.3, 0.4) is 0 Å². The van der Waals surface area contributed by atoms with Gasteiger partial charge in [-0.15, -0.1) is 0 Å². The van der Waals surface area contributed by atoms with E-state index in [1.807, 2.05) is 0 Å². The molecule has 2 aliphatic heterocycles. The Balaban J connectivity index is 2.00. The van der Waals surface area contributed by atoms with Crippen molar-refractivity contribution in [3.8, 4) is 0 Å². The van der Waals surface area contributed by atoms with Gasteiger partial charge in [-0.05, 0) is 12.1 Å². The van der Waals surface area contributed by atoms with Gasteiger partial charge in [-0.2, -0.15) is 0 Å². The lowest BCUT2D eigenvalue weighted by Gasteiger charge is -2.18. The number of carbonyl (C=O) groups excluding carboxylic acids is 3. The summed E-state index contributed by atoms with van der Waals surface area (Å²) in [4.78, 5) is 36.6. The molecular formula is C11H8N2O4S. The Morgan fingerprint density at radius 2 is 1.67 bits per heavy atom. The number of nitrogens with zero attached hydrogens (tertiary/aromatic N) is 1. The third kappa shape index (κ3) is 1.44. The summed E-state index contributed by atoms with van der Waals surface area (Å²) in [5, 5.41) is 10.5. The van der Waals surface area contributed by atoms with Gasteiger partial charge >= 0.3 is 0 Å². The van der Waals surface area contributed by atoms with Crippen LogP contribution in [0.1, 0.15) is 20.7 Å². The lowest BCUT2D eigenvalue weighted by molar-refractivity contribution is -0.122. The van der Waals surface area contributed by atoms with Crippen molar-refractivity contribution in [2.45, 2.75) is 10.9 Å². The lowest BCUT2D eigenvalue weighted by atomic mass is 10.1. The van der Waals surface area contributed by atoms with Gasteiger partial charge in [0.2, 0.25) is 0 Å². The molecular weight excluding hydrogens is 256 g/mol. The number of hydrogen-bond donors (Lipinski definition) is 2. The number of thioether (sulfide) groups is 1. The highest BCUT2D eigenvalue weighted by Crippen LogP contribution is 2.32. The minimum absolute atomic E-state index is 0.289. The number of imide groups is 1. The third-order valence-electron chi connectivity index (χ3n) is 2.81. The molecule has 0 spiro atoms. The summed E-state index contributed by atoms with van der Waals surface area (Å²) in [7, 11) is 0. The average molecular weight is 264 g/mol. The van der Waals surface area contributed by atoms with Crippen molar-refractivity contribution < 1.29 is 19.5 Å². The van der Waals surface area contributed by atoms with E-state index in [4.69, 9.17) is 0 Å². The first kappa shape index (κ1) is 11.2. The predicted octanol–water partition coefficient (Wildman–Crippen LogP) is -0.252. The molecule has 1 saturated heterocycles. The first-order valence-corrected chi connectivity index (χ1v) is 6.14. The Labute approximate surface area is 106 Å². The molecule has 2 atom stereocenters. The first-order chi connectivity index (χ1) is 8.59. The molecule has 6 nitrogen and oxygen atoms in total. The first-order valence-electron chi connectivity index (χ1n) is 5.20. The summed E-state index contributed by atoms with van der Waals surface area (Å²) in [6, 6.07) is 6.40. The number of rotatable bonds is 1. The van der Waals surface area contributed by atoms with Gasteiger partial charge in [0.15, 0.2) is 10.9 Å². The van der Waals surface area contributed by atoms with Gasteiger partial charge in [0.25, 0.3) is 17.7 Å². The standard InChI is InChI=1S/C11H8N2O4S/c14-7-10(18-11(17)12-7)13-8(15)5-3-1-2-4-6(5)9(13)16/h1-4,10-11,17H,(H,12,14). The molecule has 0 radical (unpaired) electrons. The van der Waals surface area contributed by atoms with E-state index in [0.29, 0.717) is 0 Å². The minimum Gasteiger partial charge on any atom is -0.365 e. The molecule has 2 heterocycles. The molecule has 7 heteroatoms. The quantitative estimate of drug-likeness (QED) is 0.683. The zero-order valence-corrected chi connectivity index (χ0v) is 9.81. The highest BCUT2D eigenvalue weighted by Gasteiger charge is 2.46. The maximum absolute atomic E-state index is 12.1. The number of aliphatic hydroxyl groups is 1. The van der Waals surface area contributed by atoms with Crippen molar-refractivity contribution in [2.75, 3.05) is 0 Å². The molecule has 92 valence electrons. The van der Waals surface area contributed by atoms with Gasteiger partial charge < -0.3 is 10.4 Å². The second-order valence-corrected chi connectivity index (χ2v) is 5.04. The van der Waals surface area contributed by atoms with Gasteiger partial charge in [0, 0.05) is 0 Å². The number of fused-ring (bicyclic) bond motifs is 1. The van der Waals surface area contributed by atoms with Gasteiger partial charge in [-0.1, -0.05) is 23.9 Å². The molecule has 1 aromatic carbocycles. The van der Waals surface area contributed by atoms with Crippen molar-refractivity contribution in [2.24, 2.45) is 0 Å². The highest BCUT2D eigenvalue weighted by molar-refractivity contribution is 8.01. The normalized spacial score (nSPS) is 26.5. The second kappa shape index (κ2) is 3.82. The van der Waals surface area contributed by atoms with Crippen LogP contribution in [-0.4, -0.2) is 38.7 Å². The zero-order chi connectivity index (χ0) is 12.9. The molecule has 0 aliphatic carbocycles. The van der Waals surface area contributed by atoms with E-state index in [9.17, 15) is 19.5 Å². The van der Waals surface area contributed by atoms with E-state index in [0.717, 1.165) is 16.7 Å². The summed E-state index contributed by atoms with van der Waals surface area (Å²) < 4.78 is 0. The van der Waals surface area contributed by atoms with E-state index >= 15 is 0 Å². The Morgan fingerprint density at radius 3 is 2.11 bits per heavy atom. The second-order valence-electron chi connectivity index (χ2n) is 3.88. The molecule has 3 rings (SSSR count). The lowest BCUT2D eigenvalue weighted by Crippen LogP contribution is -2.43. The molecule has 2 aliphatic rings. The van der Waals surface area contributed by atoms with Crippen LogP contribution < -0.4 is 5.32 Å². The summed E-state index contributed by atoms with van der Waals surface area (Å²) in [5.41, 5.74) is -0.513. The third-order valence-corrected chi connectivity index (χ3v) is 3.87. The van der Waals surface area contributed by atoms with Crippen molar-refractivity contribution in [1.29, 1.82) is 0 Å². The van der Waals surface area contributed by atoms with Crippen LogP contribution in [0, 0.1) is 0 Å². The Hall–Kier alpha value is -1.86. The number of amides is 3. The number of hydrogen-bond acceptors (Lipinski definition) is 5. The largest absolute Gasteiger partial charge is 0.365 e. The highest BCUT2D eigenvalue weighted by atomic mass is 32.2. The van der Waals surface area contributed by atoms with Crippen molar-refractivity contribution in [3.05, 3.63) is 35.4 Å². The smallest absolute Gasteiger partial charge is 0.262 e. The summed E-state index contributed by atoms with van der Waals surface area (Å²) in [5.74, 6) is -1.54. The van der Waals surface area contributed by atoms with Gasteiger partial charge in [0.1, 0.15) is 0 Å². The molecule has 2 unspecified atom stereocenters. The van der Waals surface area contributed by atoms with Gasteiger partial charge in [0.05, 0.1) is 11.1 Å². The number of carbonyl (C=O) groups is 3. The Kier molecular flexibility index (Phi) is 2.39. The van der Waals surface area contributed by atoms with Crippen molar-refractivity contribution >= 4 is 29.5 Å². The van der Waals surface area contributed by atoms with E-state index in [1.165, 1.54) is 0 Å². The molecule has 2 N–H and O–H groups in total. The number of nitrogens with one attached hydrogen (secondary N) is 1. The number of aliphatic hydroxyl groups excluding tert-OH is 1. The van der Waals surface area contributed by atoms with E-state index in [-0.39, 0.29) is 11.1 Å². The molecule has 18 heavy (non-hydrogen) atoms. The van der Waals surface area contributed by atoms with Crippen LogP contribution in [0.4, 0.5) is 0 Å². The van der Waals surface area contributed by atoms with Crippen molar-refractivity contribution in [3.63, 3.8) is 0 Å². The zero-order valence-electron chi connectivity index (χ0n) is 8.99. The fourth-order valence-corrected chi connectivity index (χ4v) is 2.94. The number of benzene rings is 1. The summed E-state index contributed by atoms with van der Waals surface area (Å²) in [6.45, 7) is 0. The molecule has 1 fully saturated rings. The monoisotopic (exact) mass is 264 g/mol. The topological polar surface area (TPSA) is 86.7 Å². The van der Waals surface area contributed by atoms with Crippen LogP contribution in [0.15, 0.2) is 24.3 Å². The van der Waals surface area contributed by atoms with Crippen LogP contribution in [-0.2, 0) is 4.79 Å². The maximum Gasteiger partial charge on any atom is 0.262 e.